The van der Waals surface area contributed by atoms with E-state index < -0.39 is 17.6 Å². The van der Waals surface area contributed by atoms with Crippen molar-refractivity contribution in [2.75, 3.05) is 13.0 Å². The van der Waals surface area contributed by atoms with Gasteiger partial charge < -0.3 is 9.30 Å². The lowest BCUT2D eigenvalue weighted by Gasteiger charge is -2.06. The van der Waals surface area contributed by atoms with Gasteiger partial charge in [-0.15, -0.1) is 11.6 Å². The molecule has 0 N–H and O–H groups in total. The van der Waals surface area contributed by atoms with Crippen molar-refractivity contribution in [3.8, 4) is 0 Å². The molecule has 0 amide bonds. The Morgan fingerprint density at radius 1 is 1.47 bits per heavy atom. The van der Waals surface area contributed by atoms with E-state index in [9.17, 15) is 13.6 Å². The number of aryl methyl sites for hydroxylation is 1. The summed E-state index contributed by atoms with van der Waals surface area (Å²) in [5.41, 5.74) is 0.230. The van der Waals surface area contributed by atoms with E-state index in [1.54, 1.807) is 0 Å². The Morgan fingerprint density at radius 3 is 2.84 bits per heavy atom. The maximum atomic E-state index is 13.6. The summed E-state index contributed by atoms with van der Waals surface area (Å²) in [6, 6.07) is 1.88. The molecule has 2 aromatic rings. The van der Waals surface area contributed by atoms with Gasteiger partial charge in [-0.25, -0.2) is 13.8 Å². The molecule has 0 aliphatic heterocycles. The van der Waals surface area contributed by atoms with Crippen LogP contribution in [-0.4, -0.2) is 28.5 Å². The molecule has 0 spiro atoms. The van der Waals surface area contributed by atoms with Crippen molar-refractivity contribution in [2.45, 2.75) is 13.0 Å². The lowest BCUT2D eigenvalue weighted by molar-refractivity contribution is -0.141. The summed E-state index contributed by atoms with van der Waals surface area (Å²) in [6.07, 6.45) is 0.342. The van der Waals surface area contributed by atoms with E-state index in [-0.39, 0.29) is 23.5 Å². The molecule has 0 aliphatic rings. The number of methoxy groups -OCH3 is 1. The van der Waals surface area contributed by atoms with Crippen LogP contribution < -0.4 is 0 Å². The monoisotopic (exact) mass is 288 g/mol. The third kappa shape index (κ3) is 2.68. The molecule has 0 saturated heterocycles. The third-order valence-corrected chi connectivity index (χ3v) is 2.87. The molecular weight excluding hydrogens is 278 g/mol. The zero-order valence-electron chi connectivity index (χ0n) is 10.1. The van der Waals surface area contributed by atoms with Crippen molar-refractivity contribution in [3.05, 3.63) is 29.6 Å². The number of imidazole rings is 1. The van der Waals surface area contributed by atoms with Crippen molar-refractivity contribution in [1.29, 1.82) is 0 Å². The normalized spacial score (nSPS) is 10.9. The molecule has 0 aliphatic carbocycles. The van der Waals surface area contributed by atoms with Gasteiger partial charge in [0.1, 0.15) is 23.7 Å². The zero-order valence-corrected chi connectivity index (χ0v) is 10.9. The molecule has 102 valence electrons. The first-order valence-electron chi connectivity index (χ1n) is 5.53. The molecule has 1 heterocycles. The minimum atomic E-state index is -0.769. The number of hydrogen-bond acceptors (Lipinski definition) is 3. The van der Waals surface area contributed by atoms with Gasteiger partial charge in [-0.1, -0.05) is 0 Å². The van der Waals surface area contributed by atoms with Gasteiger partial charge in [0.2, 0.25) is 0 Å². The minimum Gasteiger partial charge on any atom is -0.468 e. The number of ether oxygens (including phenoxy) is 1. The van der Waals surface area contributed by atoms with E-state index in [0.29, 0.717) is 12.2 Å². The molecule has 0 bridgehead atoms. The van der Waals surface area contributed by atoms with Crippen LogP contribution in [0.4, 0.5) is 8.78 Å². The van der Waals surface area contributed by atoms with Crippen molar-refractivity contribution >= 4 is 28.6 Å². The molecule has 0 saturated carbocycles. The number of nitrogens with zero attached hydrogens (tertiary/aromatic N) is 2. The van der Waals surface area contributed by atoms with Crippen LogP contribution in [0, 0.1) is 11.6 Å². The second kappa shape index (κ2) is 5.52. The number of carbonyl (C=O) groups excluding carboxylic acids is 1. The summed E-state index contributed by atoms with van der Waals surface area (Å²) in [5, 5.41) is 0. The highest BCUT2D eigenvalue weighted by molar-refractivity contribution is 6.17. The summed E-state index contributed by atoms with van der Waals surface area (Å²) in [7, 11) is 1.24. The first-order chi connectivity index (χ1) is 9.06. The Hall–Kier alpha value is -1.69. The molecule has 19 heavy (non-hydrogen) atoms. The topological polar surface area (TPSA) is 44.1 Å². The molecular formula is C12H11ClF2N2O2. The van der Waals surface area contributed by atoms with Crippen LogP contribution in [0.2, 0.25) is 0 Å². The van der Waals surface area contributed by atoms with Crippen molar-refractivity contribution in [2.24, 2.45) is 0 Å². The molecule has 1 aromatic carbocycles. The van der Waals surface area contributed by atoms with E-state index in [2.05, 4.69) is 9.72 Å². The van der Waals surface area contributed by atoms with Crippen LogP contribution in [0.25, 0.3) is 11.0 Å². The molecule has 0 unspecified atom stereocenters. The summed E-state index contributed by atoms with van der Waals surface area (Å²) in [4.78, 5) is 15.4. The van der Waals surface area contributed by atoms with Crippen molar-refractivity contribution in [1.82, 2.24) is 9.55 Å². The Kier molecular flexibility index (Phi) is 3.99. The fourth-order valence-electron chi connectivity index (χ4n) is 1.84. The summed E-state index contributed by atoms with van der Waals surface area (Å²) < 4.78 is 32.9. The van der Waals surface area contributed by atoms with Crippen molar-refractivity contribution < 1.29 is 18.3 Å². The summed E-state index contributed by atoms with van der Waals surface area (Å²) >= 11 is 5.64. The highest BCUT2D eigenvalue weighted by Crippen LogP contribution is 2.21. The van der Waals surface area contributed by atoms with E-state index in [1.807, 2.05) is 0 Å². The molecule has 4 nitrogen and oxygen atoms in total. The van der Waals surface area contributed by atoms with Crippen LogP contribution in [0.5, 0.6) is 0 Å². The smallest absolute Gasteiger partial charge is 0.325 e. The van der Waals surface area contributed by atoms with Crippen LogP contribution >= 0.6 is 11.6 Å². The molecule has 0 radical (unpaired) electrons. The number of aromatic nitrogens is 2. The number of alkyl halides is 1. The minimum absolute atomic E-state index is 0.0189. The quantitative estimate of drug-likeness (QED) is 0.640. The number of rotatable bonds is 4. The Bertz CT molecular complexity index is 628. The van der Waals surface area contributed by atoms with Gasteiger partial charge in [-0.05, 0) is 6.07 Å². The van der Waals surface area contributed by atoms with E-state index in [4.69, 9.17) is 11.6 Å². The SMILES string of the molecule is COC(=O)Cn1c(CCCl)nc2c(F)cc(F)cc21. The van der Waals surface area contributed by atoms with E-state index in [0.717, 1.165) is 12.1 Å². The summed E-state index contributed by atoms with van der Waals surface area (Å²) in [5.74, 6) is -1.35. The largest absolute Gasteiger partial charge is 0.468 e. The highest BCUT2D eigenvalue weighted by atomic mass is 35.5. The second-order valence-corrected chi connectivity index (χ2v) is 4.26. The van der Waals surface area contributed by atoms with Crippen LogP contribution in [-0.2, 0) is 22.5 Å². The van der Waals surface area contributed by atoms with Gasteiger partial charge >= 0.3 is 5.97 Å². The molecule has 0 atom stereocenters. The number of benzene rings is 1. The zero-order chi connectivity index (χ0) is 14.0. The average Bonchev–Trinajstić information content (AvgIpc) is 2.69. The second-order valence-electron chi connectivity index (χ2n) is 3.88. The number of hydrogen-bond donors (Lipinski definition) is 0. The van der Waals surface area contributed by atoms with Crippen molar-refractivity contribution in [3.63, 3.8) is 0 Å². The molecule has 2 rings (SSSR count). The van der Waals surface area contributed by atoms with Gasteiger partial charge in [0, 0.05) is 18.4 Å². The van der Waals surface area contributed by atoms with Gasteiger partial charge in [-0.3, -0.25) is 4.79 Å². The first-order valence-corrected chi connectivity index (χ1v) is 6.07. The van der Waals surface area contributed by atoms with Crippen LogP contribution in [0.3, 0.4) is 0 Å². The molecule has 7 heteroatoms. The maximum absolute atomic E-state index is 13.6. The van der Waals surface area contributed by atoms with Gasteiger partial charge in [-0.2, -0.15) is 0 Å². The number of fused-ring (bicyclic) bond motifs is 1. The van der Waals surface area contributed by atoms with Crippen LogP contribution in [0.15, 0.2) is 12.1 Å². The van der Waals surface area contributed by atoms with Gasteiger partial charge in [0.05, 0.1) is 12.6 Å². The fraction of sp³-hybridized carbons (Fsp3) is 0.333. The number of halogens is 3. The van der Waals surface area contributed by atoms with Crippen LogP contribution in [0.1, 0.15) is 5.82 Å². The maximum Gasteiger partial charge on any atom is 0.325 e. The van der Waals surface area contributed by atoms with Gasteiger partial charge in [0.25, 0.3) is 0 Å². The predicted molar refractivity (Wildman–Crippen MR) is 66.1 cm³/mol. The standard InChI is InChI=1S/C12H11ClF2N2O2/c1-19-11(18)6-17-9-5-7(14)4-8(15)12(9)16-10(17)2-3-13/h4-5H,2-3,6H2,1H3. The highest BCUT2D eigenvalue weighted by Gasteiger charge is 2.17. The number of carbonyl (C=O) groups is 1. The predicted octanol–water partition coefficient (Wildman–Crippen LogP) is 2.27. The molecule has 0 fully saturated rings. The number of esters is 1. The molecule has 1 aromatic heterocycles. The first kappa shape index (κ1) is 13.7. The lowest BCUT2D eigenvalue weighted by atomic mass is 10.3. The summed E-state index contributed by atoms with van der Waals surface area (Å²) in [6.45, 7) is -0.165. The lowest BCUT2D eigenvalue weighted by Crippen LogP contribution is -2.14. The Morgan fingerprint density at radius 2 is 2.21 bits per heavy atom. The Labute approximate surface area is 112 Å². The average molecular weight is 289 g/mol. The van der Waals surface area contributed by atoms with E-state index in [1.165, 1.54) is 11.7 Å². The third-order valence-electron chi connectivity index (χ3n) is 2.68. The Balaban J connectivity index is 2.61. The van der Waals surface area contributed by atoms with E-state index >= 15 is 0 Å². The van der Waals surface area contributed by atoms with Gasteiger partial charge in [0.15, 0.2) is 5.82 Å². The fourth-order valence-corrected chi connectivity index (χ4v) is 2.01.